The van der Waals surface area contributed by atoms with E-state index in [9.17, 15) is 13.2 Å². The molecule has 1 aromatic rings. The van der Waals surface area contributed by atoms with E-state index in [2.05, 4.69) is 0 Å². The van der Waals surface area contributed by atoms with Crippen LogP contribution in [0.25, 0.3) is 0 Å². The zero-order valence-corrected chi connectivity index (χ0v) is 12.7. The molecule has 112 valence electrons. The number of nitriles is 1. The predicted molar refractivity (Wildman–Crippen MR) is 78.4 cm³/mol. The van der Waals surface area contributed by atoms with E-state index < -0.39 is 22.0 Å². The van der Waals surface area contributed by atoms with E-state index >= 15 is 0 Å². The van der Waals surface area contributed by atoms with Crippen molar-refractivity contribution in [3.8, 4) is 6.07 Å². The number of hydrogen-bond acceptors (Lipinski definition) is 5. The minimum absolute atomic E-state index is 0.0313. The Labute approximate surface area is 127 Å². The molecule has 1 saturated heterocycles. The summed E-state index contributed by atoms with van der Waals surface area (Å²) in [6.07, 6.45) is -0.218. The first-order chi connectivity index (χ1) is 9.95. The molecular weight excluding hydrogens is 312 g/mol. The molecule has 1 heterocycles. The molecule has 0 aromatic heterocycles. The lowest BCUT2D eigenvalue weighted by molar-refractivity contribution is -0.137. The molecule has 21 heavy (non-hydrogen) atoms. The lowest BCUT2D eigenvalue weighted by Crippen LogP contribution is -2.46. The van der Waals surface area contributed by atoms with Crippen molar-refractivity contribution >= 4 is 27.8 Å². The van der Waals surface area contributed by atoms with Crippen LogP contribution < -0.4 is 0 Å². The first-order valence-corrected chi connectivity index (χ1v) is 8.86. The number of sulfonamides is 1. The molecule has 0 saturated carbocycles. The van der Waals surface area contributed by atoms with Crippen LogP contribution in [0.4, 0.5) is 0 Å². The lowest BCUT2D eigenvalue weighted by atomic mass is 10.2. The summed E-state index contributed by atoms with van der Waals surface area (Å²) in [6.45, 7) is 0.279. The summed E-state index contributed by atoms with van der Waals surface area (Å²) in [7, 11) is -3.78. The molecule has 0 radical (unpaired) electrons. The Morgan fingerprint density at radius 1 is 1.52 bits per heavy atom. The van der Waals surface area contributed by atoms with Gasteiger partial charge in [0.1, 0.15) is 0 Å². The molecule has 6 nitrogen and oxygen atoms in total. The van der Waals surface area contributed by atoms with Crippen LogP contribution >= 0.6 is 11.8 Å². The predicted octanol–water partition coefficient (Wildman–Crippen LogP) is 1.14. The maximum absolute atomic E-state index is 12.7. The first kappa shape index (κ1) is 15.8. The van der Waals surface area contributed by atoms with Gasteiger partial charge in [0, 0.05) is 24.1 Å². The highest BCUT2D eigenvalue weighted by Gasteiger charge is 2.35. The van der Waals surface area contributed by atoms with E-state index in [1.165, 1.54) is 28.6 Å². The number of carbonyl (C=O) groups is 1. The highest BCUT2D eigenvalue weighted by atomic mass is 32.2. The summed E-state index contributed by atoms with van der Waals surface area (Å²) in [4.78, 5) is 10.9. The van der Waals surface area contributed by atoms with Gasteiger partial charge in [-0.2, -0.15) is 21.3 Å². The fraction of sp³-hybridized carbons (Fsp3) is 0.385. The van der Waals surface area contributed by atoms with Gasteiger partial charge in [-0.3, -0.25) is 4.79 Å². The molecular formula is C13H14N2O4S2. The average Bonchev–Trinajstić information content (AvgIpc) is 2.47. The van der Waals surface area contributed by atoms with Crippen molar-refractivity contribution in [3.63, 3.8) is 0 Å². The number of aliphatic carboxylic acids is 1. The van der Waals surface area contributed by atoms with E-state index in [0.717, 1.165) is 0 Å². The quantitative estimate of drug-likeness (QED) is 0.891. The second kappa shape index (κ2) is 6.47. The van der Waals surface area contributed by atoms with E-state index in [4.69, 9.17) is 10.4 Å². The van der Waals surface area contributed by atoms with Crippen LogP contribution in [0.5, 0.6) is 0 Å². The average molecular weight is 326 g/mol. The van der Waals surface area contributed by atoms with Gasteiger partial charge in [-0.25, -0.2) is 8.42 Å². The largest absolute Gasteiger partial charge is 0.481 e. The highest BCUT2D eigenvalue weighted by molar-refractivity contribution is 7.99. The van der Waals surface area contributed by atoms with Crippen LogP contribution in [-0.2, 0) is 14.8 Å². The molecule has 2 rings (SSSR count). The summed E-state index contributed by atoms with van der Waals surface area (Å²) < 4.78 is 26.6. The summed E-state index contributed by atoms with van der Waals surface area (Å²) >= 11 is 1.55. The van der Waals surface area contributed by atoms with E-state index in [1.54, 1.807) is 11.8 Å². The Bertz CT molecular complexity index is 682. The van der Waals surface area contributed by atoms with Crippen LogP contribution in [0.2, 0.25) is 0 Å². The number of carboxylic acid groups (broad SMARTS) is 1. The van der Waals surface area contributed by atoms with Gasteiger partial charge in [0.2, 0.25) is 10.0 Å². The third-order valence-corrected chi connectivity index (χ3v) is 6.19. The molecule has 1 aliphatic rings. The molecule has 8 heteroatoms. The minimum Gasteiger partial charge on any atom is -0.481 e. The number of carboxylic acids is 1. The lowest BCUT2D eigenvalue weighted by Gasteiger charge is -2.33. The molecule has 1 aromatic carbocycles. The van der Waals surface area contributed by atoms with Crippen molar-refractivity contribution in [1.82, 2.24) is 4.31 Å². The fourth-order valence-corrected chi connectivity index (χ4v) is 5.12. The molecule has 0 bridgehead atoms. The van der Waals surface area contributed by atoms with Crippen LogP contribution in [-0.4, -0.2) is 47.9 Å². The smallest absolute Gasteiger partial charge is 0.305 e. The monoisotopic (exact) mass is 326 g/mol. The van der Waals surface area contributed by atoms with Crippen LogP contribution in [0.15, 0.2) is 29.2 Å². The van der Waals surface area contributed by atoms with Crippen molar-refractivity contribution < 1.29 is 18.3 Å². The van der Waals surface area contributed by atoms with Crippen molar-refractivity contribution in [2.45, 2.75) is 17.4 Å². The standard InChI is InChI=1S/C13H14N2O4S2/c14-8-10-2-1-3-12(6-10)21(18,19)15-4-5-20-9-11(15)7-13(16)17/h1-3,6,11H,4-5,7,9H2,(H,16,17). The normalized spacial score (nSPS) is 19.9. The Morgan fingerprint density at radius 2 is 2.29 bits per heavy atom. The van der Waals surface area contributed by atoms with Crippen molar-refractivity contribution in [1.29, 1.82) is 5.26 Å². The highest BCUT2D eigenvalue weighted by Crippen LogP contribution is 2.26. The summed E-state index contributed by atoms with van der Waals surface area (Å²) in [5.41, 5.74) is 0.261. The van der Waals surface area contributed by atoms with E-state index in [0.29, 0.717) is 11.5 Å². The molecule has 1 atom stereocenters. The second-order valence-corrected chi connectivity index (χ2v) is 7.62. The van der Waals surface area contributed by atoms with Gasteiger partial charge in [0.25, 0.3) is 0 Å². The third kappa shape index (κ3) is 3.56. The number of benzene rings is 1. The van der Waals surface area contributed by atoms with Gasteiger partial charge < -0.3 is 5.11 Å². The molecule has 0 amide bonds. The maximum atomic E-state index is 12.7. The fourth-order valence-electron chi connectivity index (χ4n) is 2.18. The van der Waals surface area contributed by atoms with Gasteiger partial charge >= 0.3 is 5.97 Å². The topological polar surface area (TPSA) is 98.5 Å². The molecule has 0 spiro atoms. The third-order valence-electron chi connectivity index (χ3n) is 3.15. The Morgan fingerprint density at radius 3 is 2.95 bits per heavy atom. The zero-order valence-electron chi connectivity index (χ0n) is 11.1. The Kier molecular flexibility index (Phi) is 4.88. The summed E-state index contributed by atoms with van der Waals surface area (Å²) in [5.74, 6) is 0.0741. The SMILES string of the molecule is N#Cc1cccc(S(=O)(=O)N2CCSCC2CC(=O)O)c1. The molecule has 1 N–H and O–H groups in total. The summed E-state index contributed by atoms with van der Waals surface area (Å²) in [5, 5.41) is 17.8. The minimum atomic E-state index is -3.78. The van der Waals surface area contributed by atoms with Gasteiger partial charge in [-0.1, -0.05) is 6.07 Å². The molecule has 1 fully saturated rings. The maximum Gasteiger partial charge on any atom is 0.305 e. The van der Waals surface area contributed by atoms with Crippen LogP contribution in [0.3, 0.4) is 0 Å². The number of rotatable bonds is 4. The van der Waals surface area contributed by atoms with Gasteiger partial charge in [-0.05, 0) is 18.2 Å². The van der Waals surface area contributed by atoms with Crippen molar-refractivity contribution in [2.75, 3.05) is 18.1 Å². The Hall–Kier alpha value is -1.56. The molecule has 1 unspecified atom stereocenters. The number of hydrogen-bond donors (Lipinski definition) is 1. The van der Waals surface area contributed by atoms with E-state index in [1.807, 2.05) is 6.07 Å². The molecule has 0 aliphatic carbocycles. The van der Waals surface area contributed by atoms with Crippen LogP contribution in [0, 0.1) is 11.3 Å². The summed E-state index contributed by atoms with van der Waals surface area (Å²) in [6, 6.07) is 7.12. The zero-order chi connectivity index (χ0) is 15.5. The van der Waals surface area contributed by atoms with Gasteiger partial charge in [-0.15, -0.1) is 0 Å². The van der Waals surface area contributed by atoms with Crippen molar-refractivity contribution in [2.24, 2.45) is 0 Å². The van der Waals surface area contributed by atoms with Crippen LogP contribution in [0.1, 0.15) is 12.0 Å². The number of thioether (sulfide) groups is 1. The first-order valence-electron chi connectivity index (χ1n) is 6.26. The van der Waals surface area contributed by atoms with Gasteiger partial charge in [0.15, 0.2) is 0 Å². The molecule has 1 aliphatic heterocycles. The van der Waals surface area contributed by atoms with Gasteiger partial charge in [0.05, 0.1) is 22.9 Å². The van der Waals surface area contributed by atoms with Crippen molar-refractivity contribution in [3.05, 3.63) is 29.8 Å². The Balaban J connectivity index is 2.36. The number of nitrogens with zero attached hydrogens (tertiary/aromatic N) is 2. The second-order valence-electron chi connectivity index (χ2n) is 4.58. The van der Waals surface area contributed by atoms with E-state index in [-0.39, 0.29) is 23.4 Å².